The van der Waals surface area contributed by atoms with Crippen LogP contribution in [0, 0.1) is 5.82 Å². The summed E-state index contributed by atoms with van der Waals surface area (Å²) in [6.45, 7) is 0. The summed E-state index contributed by atoms with van der Waals surface area (Å²) in [5.41, 5.74) is 4.21. The number of halogens is 2. The van der Waals surface area contributed by atoms with E-state index in [2.05, 4.69) is 15.4 Å². The topological polar surface area (TPSA) is 70.4 Å². The van der Waals surface area contributed by atoms with Gasteiger partial charge in [-0.3, -0.25) is 0 Å². The number of nitrogens with zero attached hydrogens (tertiary/aromatic N) is 3. The molecule has 0 bridgehead atoms. The smallest absolute Gasteiger partial charge is 0.226 e. The van der Waals surface area contributed by atoms with Gasteiger partial charge < -0.3 is 19.5 Å². The molecule has 4 aromatic rings. The molecule has 0 saturated heterocycles. The number of anilines is 1. The van der Waals surface area contributed by atoms with Gasteiger partial charge >= 0.3 is 0 Å². The Labute approximate surface area is 205 Å². The molecule has 0 spiro atoms. The van der Waals surface area contributed by atoms with Gasteiger partial charge in [-0.2, -0.15) is 10.1 Å². The number of benzene rings is 3. The van der Waals surface area contributed by atoms with Crippen molar-refractivity contribution in [2.24, 2.45) is 0 Å². The molecule has 6 rings (SSSR count). The minimum Gasteiger partial charge on any atom is -0.493 e. The van der Waals surface area contributed by atoms with Crippen molar-refractivity contribution in [2.75, 3.05) is 19.5 Å². The summed E-state index contributed by atoms with van der Waals surface area (Å²) in [5, 5.41) is 8.48. The zero-order valence-electron chi connectivity index (χ0n) is 18.8. The predicted molar refractivity (Wildman–Crippen MR) is 129 cm³/mol. The third-order valence-electron chi connectivity index (χ3n) is 6.27. The van der Waals surface area contributed by atoms with Crippen LogP contribution < -0.4 is 19.5 Å². The highest BCUT2D eigenvalue weighted by Crippen LogP contribution is 2.51. The van der Waals surface area contributed by atoms with Crippen molar-refractivity contribution in [1.82, 2.24) is 14.8 Å². The van der Waals surface area contributed by atoms with Gasteiger partial charge in [-0.25, -0.2) is 9.07 Å². The van der Waals surface area contributed by atoms with Gasteiger partial charge in [-0.1, -0.05) is 29.8 Å². The van der Waals surface area contributed by atoms with E-state index in [9.17, 15) is 4.39 Å². The lowest BCUT2D eigenvalue weighted by Crippen LogP contribution is -2.32. The van der Waals surface area contributed by atoms with E-state index in [1.54, 1.807) is 37.1 Å². The number of aromatic nitrogens is 3. The van der Waals surface area contributed by atoms with E-state index in [1.165, 1.54) is 18.5 Å². The second-order valence-electron chi connectivity index (χ2n) is 8.19. The van der Waals surface area contributed by atoms with Crippen LogP contribution in [0.15, 0.2) is 72.6 Å². The number of methoxy groups -OCH3 is 2. The normalized spacial score (nSPS) is 18.1. The first-order valence-electron chi connectivity index (χ1n) is 10.9. The van der Waals surface area contributed by atoms with E-state index < -0.39 is 12.1 Å². The summed E-state index contributed by atoms with van der Waals surface area (Å²) in [6, 6.07) is 17.2. The van der Waals surface area contributed by atoms with Crippen LogP contribution in [0.1, 0.15) is 28.8 Å². The standard InChI is InChI=1S/C26H20ClFN4O3/c1-33-20-9-5-15(11-21(20)34-2)25-22-23(18-12-16(27)6-10-19(18)35-25)31-26-29-13-30-32(26)24(22)14-3-7-17(28)8-4-14/h3-13,24-25H,1-2H3,(H,29,30,31)/t24-,25+/m1/s1. The molecule has 0 aliphatic carbocycles. The first-order chi connectivity index (χ1) is 17.1. The Morgan fingerprint density at radius 3 is 2.51 bits per heavy atom. The van der Waals surface area contributed by atoms with Crippen LogP contribution in [0.3, 0.4) is 0 Å². The van der Waals surface area contributed by atoms with Gasteiger partial charge in [0.15, 0.2) is 11.5 Å². The van der Waals surface area contributed by atoms with Crippen LogP contribution in [0.4, 0.5) is 10.3 Å². The zero-order chi connectivity index (χ0) is 24.1. The Balaban J connectivity index is 1.61. The van der Waals surface area contributed by atoms with Crippen LogP contribution in [0.5, 0.6) is 17.2 Å². The fraction of sp³-hybridized carbons (Fsp3) is 0.154. The summed E-state index contributed by atoms with van der Waals surface area (Å²) in [5.74, 6) is 2.12. The second-order valence-corrected chi connectivity index (χ2v) is 8.63. The lowest BCUT2D eigenvalue weighted by Gasteiger charge is -2.39. The highest BCUT2D eigenvalue weighted by molar-refractivity contribution is 6.30. The predicted octanol–water partition coefficient (Wildman–Crippen LogP) is 5.65. The largest absolute Gasteiger partial charge is 0.493 e. The highest BCUT2D eigenvalue weighted by Gasteiger charge is 2.41. The summed E-state index contributed by atoms with van der Waals surface area (Å²) in [4.78, 5) is 4.41. The minimum absolute atomic E-state index is 0.316. The quantitative estimate of drug-likeness (QED) is 0.399. The molecule has 0 fully saturated rings. The fourth-order valence-electron chi connectivity index (χ4n) is 4.70. The maximum absolute atomic E-state index is 13.8. The molecule has 1 aromatic heterocycles. The molecule has 0 amide bonds. The Morgan fingerprint density at radius 1 is 0.971 bits per heavy atom. The lowest BCUT2D eigenvalue weighted by molar-refractivity contribution is 0.222. The number of fused-ring (bicyclic) bond motifs is 3. The molecular formula is C26H20ClFN4O3. The minimum atomic E-state index is -0.515. The molecule has 9 heteroatoms. The van der Waals surface area contributed by atoms with Crippen molar-refractivity contribution >= 4 is 23.2 Å². The van der Waals surface area contributed by atoms with Gasteiger partial charge in [0, 0.05) is 21.7 Å². The molecule has 0 saturated carbocycles. The maximum Gasteiger partial charge on any atom is 0.226 e. The molecule has 0 unspecified atom stereocenters. The van der Waals surface area contributed by atoms with E-state index in [-0.39, 0.29) is 5.82 Å². The number of rotatable bonds is 4. The molecule has 7 nitrogen and oxygen atoms in total. The molecule has 2 aliphatic heterocycles. The van der Waals surface area contributed by atoms with Gasteiger partial charge in [0.25, 0.3) is 0 Å². The molecule has 2 aliphatic rings. The van der Waals surface area contributed by atoms with Crippen molar-refractivity contribution in [2.45, 2.75) is 12.1 Å². The Kier molecular flexibility index (Phi) is 5.11. The van der Waals surface area contributed by atoms with E-state index in [0.29, 0.717) is 28.2 Å². The average molecular weight is 491 g/mol. The van der Waals surface area contributed by atoms with Gasteiger partial charge in [0.2, 0.25) is 5.95 Å². The van der Waals surface area contributed by atoms with Crippen molar-refractivity contribution in [3.63, 3.8) is 0 Å². The monoisotopic (exact) mass is 490 g/mol. The van der Waals surface area contributed by atoms with Crippen molar-refractivity contribution in [3.05, 3.63) is 100 Å². The molecule has 0 radical (unpaired) electrons. The maximum atomic E-state index is 13.8. The molecular weight excluding hydrogens is 471 g/mol. The summed E-state index contributed by atoms with van der Waals surface area (Å²) in [7, 11) is 3.19. The van der Waals surface area contributed by atoms with Crippen LogP contribution in [0.2, 0.25) is 5.02 Å². The molecule has 3 heterocycles. The van der Waals surface area contributed by atoms with Gasteiger partial charge in [0.05, 0.1) is 19.9 Å². The first-order valence-corrected chi connectivity index (χ1v) is 11.3. The zero-order valence-corrected chi connectivity index (χ0v) is 19.6. The van der Waals surface area contributed by atoms with Crippen molar-refractivity contribution in [3.8, 4) is 17.2 Å². The Hall–Kier alpha value is -4.04. The third-order valence-corrected chi connectivity index (χ3v) is 6.51. The second kappa shape index (κ2) is 8.32. The lowest BCUT2D eigenvalue weighted by atomic mass is 9.84. The van der Waals surface area contributed by atoms with E-state index >= 15 is 0 Å². The van der Waals surface area contributed by atoms with Crippen molar-refractivity contribution in [1.29, 1.82) is 0 Å². The van der Waals surface area contributed by atoms with Gasteiger partial charge in [-0.15, -0.1) is 0 Å². The molecule has 1 N–H and O–H groups in total. The average Bonchev–Trinajstić information content (AvgIpc) is 3.35. The third kappa shape index (κ3) is 3.49. The Bertz CT molecular complexity index is 1470. The van der Waals surface area contributed by atoms with Crippen LogP contribution in [0.25, 0.3) is 5.70 Å². The number of ether oxygens (including phenoxy) is 3. The van der Waals surface area contributed by atoms with Gasteiger partial charge in [-0.05, 0) is 48.0 Å². The van der Waals surface area contributed by atoms with Crippen LogP contribution >= 0.6 is 11.6 Å². The molecule has 3 aromatic carbocycles. The number of hydrogen-bond donors (Lipinski definition) is 1. The first kappa shape index (κ1) is 21.5. The van der Waals surface area contributed by atoms with E-state index in [4.69, 9.17) is 25.8 Å². The molecule has 35 heavy (non-hydrogen) atoms. The summed E-state index contributed by atoms with van der Waals surface area (Å²) >= 11 is 6.37. The molecule has 2 atom stereocenters. The highest BCUT2D eigenvalue weighted by atomic mass is 35.5. The number of hydrogen-bond acceptors (Lipinski definition) is 6. The Morgan fingerprint density at radius 2 is 1.74 bits per heavy atom. The summed E-state index contributed by atoms with van der Waals surface area (Å²) in [6.07, 6.45) is 0.973. The van der Waals surface area contributed by atoms with E-state index in [0.717, 1.165) is 28.0 Å². The van der Waals surface area contributed by atoms with Crippen LogP contribution in [-0.2, 0) is 0 Å². The van der Waals surface area contributed by atoms with Gasteiger partial charge in [0.1, 0.15) is 30.0 Å². The fourth-order valence-corrected chi connectivity index (χ4v) is 4.87. The van der Waals surface area contributed by atoms with E-state index in [1.807, 2.05) is 30.3 Å². The van der Waals surface area contributed by atoms with Crippen molar-refractivity contribution < 1.29 is 18.6 Å². The summed E-state index contributed by atoms with van der Waals surface area (Å²) < 4.78 is 33.2. The molecule has 176 valence electrons. The number of nitrogens with one attached hydrogen (secondary N) is 1. The van der Waals surface area contributed by atoms with Crippen LogP contribution in [-0.4, -0.2) is 29.0 Å². The SMILES string of the molecule is COc1ccc([C@@H]2Oc3ccc(Cl)cc3C3=C2[C@@H](c2ccc(F)cc2)n2ncnc2N3)cc1OC.